The largest absolute Gasteiger partial charge is 0.508 e. The van der Waals surface area contributed by atoms with Crippen LogP contribution < -0.4 is 15.4 Å². The van der Waals surface area contributed by atoms with Gasteiger partial charge in [-0.15, -0.1) is 0 Å². The number of esters is 1. The minimum atomic E-state index is -1.35. The maximum absolute atomic E-state index is 13.2. The molecule has 0 atom stereocenters. The van der Waals surface area contributed by atoms with E-state index in [4.69, 9.17) is 9.47 Å². The van der Waals surface area contributed by atoms with Crippen molar-refractivity contribution in [2.45, 2.75) is 44.1 Å². The van der Waals surface area contributed by atoms with E-state index in [0.29, 0.717) is 53.3 Å². The van der Waals surface area contributed by atoms with Gasteiger partial charge in [0.15, 0.2) is 5.60 Å². The summed E-state index contributed by atoms with van der Waals surface area (Å²) in [4.78, 5) is 36.3. The Morgan fingerprint density at radius 2 is 1.38 bits per heavy atom. The van der Waals surface area contributed by atoms with Crippen LogP contribution in [0, 0.1) is 0 Å². The van der Waals surface area contributed by atoms with E-state index in [0.717, 1.165) is 38.5 Å². The lowest BCUT2D eigenvalue weighted by Gasteiger charge is -2.36. The van der Waals surface area contributed by atoms with Gasteiger partial charge in [-0.3, -0.25) is 9.59 Å². The monoisotopic (exact) mass is 530 g/mol. The van der Waals surface area contributed by atoms with E-state index < -0.39 is 11.6 Å². The summed E-state index contributed by atoms with van der Waals surface area (Å²) in [5.41, 5.74) is 0.885. The summed E-state index contributed by atoms with van der Waals surface area (Å²) in [6.45, 7) is 1.23. The van der Waals surface area contributed by atoms with Gasteiger partial charge in [-0.25, -0.2) is 4.79 Å². The number of nitrogens with one attached hydrogen (secondary N) is 2. The highest BCUT2D eigenvalue weighted by Crippen LogP contribution is 2.57. The number of ether oxygens (including phenoxy) is 2. The van der Waals surface area contributed by atoms with E-state index in [2.05, 4.69) is 10.6 Å². The third kappa shape index (κ3) is 4.99. The number of phenolic OH excluding ortho intramolecular Hbond substituents is 2. The molecule has 0 bridgehead atoms. The van der Waals surface area contributed by atoms with Gasteiger partial charge in [0, 0.05) is 47.5 Å². The van der Waals surface area contributed by atoms with Crippen molar-refractivity contribution in [1.29, 1.82) is 0 Å². The van der Waals surface area contributed by atoms with Crippen molar-refractivity contribution in [2.75, 3.05) is 13.1 Å². The minimum Gasteiger partial charge on any atom is -0.508 e. The molecule has 3 aromatic carbocycles. The molecule has 202 valence electrons. The highest BCUT2D eigenvalue weighted by atomic mass is 16.6. The Morgan fingerprint density at radius 3 is 2.03 bits per heavy atom. The number of hydrogen-bond donors (Lipinski definition) is 4. The Morgan fingerprint density at radius 1 is 0.795 bits per heavy atom. The summed E-state index contributed by atoms with van der Waals surface area (Å²) < 4.78 is 12.0. The molecule has 0 radical (unpaired) electrons. The summed E-state index contributed by atoms with van der Waals surface area (Å²) in [7, 11) is 0. The van der Waals surface area contributed by atoms with Crippen LogP contribution in [0.2, 0.25) is 0 Å². The number of hydrogen-bond acceptors (Lipinski definition) is 7. The fourth-order valence-corrected chi connectivity index (χ4v) is 5.27. The molecule has 2 aliphatic rings. The molecule has 0 aromatic heterocycles. The Balaban J connectivity index is 1.31. The quantitative estimate of drug-likeness (QED) is 0.163. The molecule has 0 saturated heterocycles. The van der Waals surface area contributed by atoms with Crippen molar-refractivity contribution in [1.82, 2.24) is 10.6 Å². The molecule has 39 heavy (non-hydrogen) atoms. The normalized spacial score (nSPS) is 14.0. The number of carbonyl (C=O) groups excluding carboxylic acids is 3. The van der Waals surface area contributed by atoms with Crippen LogP contribution in [0.3, 0.4) is 0 Å². The summed E-state index contributed by atoms with van der Waals surface area (Å²) in [5, 5.41) is 25.7. The number of amides is 2. The molecule has 3 aromatic rings. The lowest BCUT2D eigenvalue weighted by Crippen LogP contribution is -2.33. The van der Waals surface area contributed by atoms with Crippen molar-refractivity contribution in [3.05, 3.63) is 82.4 Å². The smallest absolute Gasteiger partial charge is 0.340 e. The first-order valence-corrected chi connectivity index (χ1v) is 13.1. The molecule has 0 saturated carbocycles. The van der Waals surface area contributed by atoms with Crippen LogP contribution >= 0.6 is 0 Å². The molecule has 0 aliphatic carbocycles. The third-order valence-corrected chi connectivity index (χ3v) is 7.15. The Hall–Kier alpha value is -4.53. The Labute approximate surface area is 225 Å². The van der Waals surface area contributed by atoms with Gasteiger partial charge in [-0.1, -0.05) is 31.7 Å². The average molecular weight is 531 g/mol. The summed E-state index contributed by atoms with van der Waals surface area (Å²) >= 11 is 0. The van der Waals surface area contributed by atoms with Crippen molar-refractivity contribution in [3.8, 4) is 23.0 Å². The molecule has 0 fully saturated rings. The summed E-state index contributed by atoms with van der Waals surface area (Å²) in [6.07, 6.45) is 6.72. The van der Waals surface area contributed by atoms with E-state index >= 15 is 0 Å². The highest BCUT2D eigenvalue weighted by Gasteiger charge is 2.53. The number of unbranched alkanes of at least 4 members (excludes halogenated alkanes) is 5. The maximum Gasteiger partial charge on any atom is 0.340 e. The van der Waals surface area contributed by atoms with Gasteiger partial charge in [0.25, 0.3) is 5.91 Å². The van der Waals surface area contributed by atoms with E-state index in [1.54, 1.807) is 30.3 Å². The first-order valence-electron chi connectivity index (χ1n) is 13.1. The molecule has 5 rings (SSSR count). The lowest BCUT2D eigenvalue weighted by molar-refractivity contribution is -0.109. The topological polar surface area (TPSA) is 134 Å². The van der Waals surface area contributed by atoms with Crippen LogP contribution in [-0.4, -0.2) is 41.6 Å². The van der Waals surface area contributed by atoms with Crippen LogP contribution in [0.15, 0.2) is 54.6 Å². The number of benzene rings is 3. The zero-order valence-electron chi connectivity index (χ0n) is 21.4. The second-order valence-electron chi connectivity index (χ2n) is 9.74. The fourth-order valence-electron chi connectivity index (χ4n) is 5.27. The molecule has 2 aliphatic heterocycles. The lowest BCUT2D eigenvalue weighted by atomic mass is 9.77. The molecular weight excluding hydrogens is 500 g/mol. The molecule has 9 nitrogen and oxygen atoms in total. The highest BCUT2D eigenvalue weighted by molar-refractivity contribution is 6.01. The van der Waals surface area contributed by atoms with Crippen molar-refractivity contribution < 1.29 is 34.1 Å². The van der Waals surface area contributed by atoms with Gasteiger partial charge in [0.2, 0.25) is 6.41 Å². The van der Waals surface area contributed by atoms with Crippen molar-refractivity contribution in [3.63, 3.8) is 0 Å². The average Bonchev–Trinajstić information content (AvgIpc) is 3.21. The third-order valence-electron chi connectivity index (χ3n) is 7.15. The SMILES string of the molecule is O=CNCCCCCCCCNC(=O)c1ccc2c(c1)C(=O)OC21c2ccc(O)cc2Oc2cc(O)ccc21. The van der Waals surface area contributed by atoms with Crippen LogP contribution in [0.25, 0.3) is 0 Å². The van der Waals surface area contributed by atoms with Gasteiger partial charge in [-0.05, 0) is 49.2 Å². The molecule has 0 unspecified atom stereocenters. The van der Waals surface area contributed by atoms with E-state index in [9.17, 15) is 24.6 Å². The molecule has 2 heterocycles. The Bertz CT molecular complexity index is 1370. The summed E-state index contributed by atoms with van der Waals surface area (Å²) in [6, 6.07) is 14.1. The number of aromatic hydroxyl groups is 2. The minimum absolute atomic E-state index is 0.0176. The zero-order valence-corrected chi connectivity index (χ0v) is 21.4. The van der Waals surface area contributed by atoms with Gasteiger partial charge in [-0.2, -0.15) is 0 Å². The van der Waals surface area contributed by atoms with Gasteiger partial charge in [0.1, 0.15) is 23.0 Å². The van der Waals surface area contributed by atoms with E-state index in [1.165, 1.54) is 24.3 Å². The number of phenols is 2. The van der Waals surface area contributed by atoms with Crippen molar-refractivity contribution >= 4 is 18.3 Å². The van der Waals surface area contributed by atoms with Crippen LogP contribution in [0.5, 0.6) is 23.0 Å². The predicted molar refractivity (Wildman–Crippen MR) is 142 cm³/mol. The summed E-state index contributed by atoms with van der Waals surface area (Å²) in [5.74, 6) is -0.287. The second kappa shape index (κ2) is 11.1. The molecule has 1 spiro atoms. The maximum atomic E-state index is 13.2. The Kier molecular flexibility index (Phi) is 7.40. The van der Waals surface area contributed by atoms with Crippen LogP contribution in [0.1, 0.15) is 75.9 Å². The first-order chi connectivity index (χ1) is 18.9. The van der Waals surface area contributed by atoms with Crippen LogP contribution in [-0.2, 0) is 15.1 Å². The second-order valence-corrected chi connectivity index (χ2v) is 9.74. The standard InChI is InChI=1S/C30H30N2O7/c33-18-31-13-5-3-1-2-4-6-14-32-28(36)19-7-10-23-22(15-19)29(37)39-30(23)24-11-8-20(34)16-26(24)38-27-17-21(35)9-12-25(27)30/h7-12,15-18,34-35H,1-6,13-14H2,(H,31,33)(H,32,36). The van der Waals surface area contributed by atoms with Gasteiger partial charge < -0.3 is 30.3 Å². The van der Waals surface area contributed by atoms with E-state index in [1.807, 2.05) is 0 Å². The fraction of sp³-hybridized carbons (Fsp3) is 0.300. The molecule has 4 N–H and O–H groups in total. The van der Waals surface area contributed by atoms with Gasteiger partial charge >= 0.3 is 5.97 Å². The first kappa shape index (κ1) is 26.1. The number of fused-ring (bicyclic) bond motifs is 6. The molecular formula is C30H30N2O7. The van der Waals surface area contributed by atoms with Crippen LogP contribution in [0.4, 0.5) is 0 Å². The van der Waals surface area contributed by atoms with Gasteiger partial charge in [0.05, 0.1) is 5.56 Å². The zero-order chi connectivity index (χ0) is 27.4. The van der Waals surface area contributed by atoms with E-state index in [-0.39, 0.29) is 23.0 Å². The molecule has 2 amide bonds. The van der Waals surface area contributed by atoms with Crippen molar-refractivity contribution in [2.24, 2.45) is 0 Å². The number of carbonyl (C=O) groups is 3. The number of rotatable bonds is 11. The molecule has 9 heteroatoms. The predicted octanol–water partition coefficient (Wildman–Crippen LogP) is 4.48.